The molecule has 1 aromatic rings. The van der Waals surface area contributed by atoms with Gasteiger partial charge in [0.15, 0.2) is 0 Å². The molecule has 2 rings (SSSR count). The maximum atomic E-state index is 11.8. The molecule has 0 atom stereocenters. The standard InChI is InChI=1S/C14H16ClNO3/c1-19-14(18)11-6-9-4-2-3-5-10(9)7-12(11)16-13(17)8-15/h6-7H,2-5,8H2,1H3,(H,16,17). The van der Waals surface area contributed by atoms with Crippen LogP contribution < -0.4 is 5.32 Å². The second-order valence-electron chi connectivity index (χ2n) is 4.55. The number of methoxy groups -OCH3 is 1. The molecule has 4 nitrogen and oxygen atoms in total. The van der Waals surface area contributed by atoms with Crippen molar-refractivity contribution in [3.05, 3.63) is 28.8 Å². The fourth-order valence-electron chi connectivity index (χ4n) is 2.35. The maximum absolute atomic E-state index is 11.8. The van der Waals surface area contributed by atoms with Crippen LogP contribution >= 0.6 is 11.6 Å². The Morgan fingerprint density at radius 3 is 2.47 bits per heavy atom. The number of halogens is 1. The topological polar surface area (TPSA) is 55.4 Å². The number of benzene rings is 1. The van der Waals surface area contributed by atoms with Gasteiger partial charge in [-0.05, 0) is 48.9 Å². The van der Waals surface area contributed by atoms with Crippen molar-refractivity contribution in [2.45, 2.75) is 25.7 Å². The highest BCUT2D eigenvalue weighted by Gasteiger charge is 2.19. The number of hydrogen-bond acceptors (Lipinski definition) is 3. The smallest absolute Gasteiger partial charge is 0.339 e. The molecule has 0 fully saturated rings. The molecule has 0 heterocycles. The first-order valence-corrected chi connectivity index (χ1v) is 6.79. The average Bonchev–Trinajstić information content (AvgIpc) is 2.45. The molecule has 19 heavy (non-hydrogen) atoms. The third-order valence-corrected chi connectivity index (χ3v) is 3.53. The van der Waals surface area contributed by atoms with Crippen LogP contribution in [0.5, 0.6) is 0 Å². The summed E-state index contributed by atoms with van der Waals surface area (Å²) in [4.78, 5) is 23.2. The van der Waals surface area contributed by atoms with Gasteiger partial charge in [-0.3, -0.25) is 4.79 Å². The Labute approximate surface area is 117 Å². The number of alkyl halides is 1. The number of amides is 1. The van der Waals surface area contributed by atoms with E-state index in [-0.39, 0.29) is 11.8 Å². The summed E-state index contributed by atoms with van der Waals surface area (Å²) >= 11 is 5.48. The van der Waals surface area contributed by atoms with Crippen LogP contribution in [0.2, 0.25) is 0 Å². The Morgan fingerprint density at radius 1 is 1.26 bits per heavy atom. The van der Waals surface area contributed by atoms with E-state index in [9.17, 15) is 9.59 Å². The Balaban J connectivity index is 2.42. The van der Waals surface area contributed by atoms with Crippen molar-refractivity contribution in [1.82, 2.24) is 0 Å². The van der Waals surface area contributed by atoms with Gasteiger partial charge in [0.1, 0.15) is 5.88 Å². The number of carbonyl (C=O) groups is 2. The normalized spacial score (nSPS) is 13.6. The molecular weight excluding hydrogens is 266 g/mol. The van der Waals surface area contributed by atoms with E-state index in [1.165, 1.54) is 12.7 Å². The number of hydrogen-bond donors (Lipinski definition) is 1. The summed E-state index contributed by atoms with van der Waals surface area (Å²) in [5.74, 6) is -0.918. The molecule has 1 N–H and O–H groups in total. The second kappa shape index (κ2) is 6.06. The minimum atomic E-state index is -0.446. The fraction of sp³-hybridized carbons (Fsp3) is 0.429. The molecule has 1 aromatic carbocycles. The number of carbonyl (C=O) groups excluding carboxylic acids is 2. The van der Waals surface area contributed by atoms with Gasteiger partial charge in [-0.1, -0.05) is 0 Å². The van der Waals surface area contributed by atoms with E-state index in [4.69, 9.17) is 16.3 Å². The van der Waals surface area contributed by atoms with Gasteiger partial charge < -0.3 is 10.1 Å². The van der Waals surface area contributed by atoms with Crippen molar-refractivity contribution < 1.29 is 14.3 Å². The molecule has 1 aliphatic carbocycles. The summed E-state index contributed by atoms with van der Waals surface area (Å²) in [6, 6.07) is 3.69. The highest BCUT2D eigenvalue weighted by molar-refractivity contribution is 6.29. The number of aryl methyl sites for hydroxylation is 2. The summed E-state index contributed by atoms with van der Waals surface area (Å²) in [5, 5.41) is 2.65. The summed E-state index contributed by atoms with van der Waals surface area (Å²) < 4.78 is 4.76. The average molecular weight is 282 g/mol. The molecule has 0 radical (unpaired) electrons. The van der Waals surface area contributed by atoms with Gasteiger partial charge in [0.25, 0.3) is 0 Å². The Bertz CT molecular complexity index is 514. The van der Waals surface area contributed by atoms with Crippen LogP contribution in [0.1, 0.15) is 34.3 Å². The third kappa shape index (κ3) is 3.07. The Hall–Kier alpha value is -1.55. The van der Waals surface area contributed by atoms with Crippen molar-refractivity contribution in [2.75, 3.05) is 18.3 Å². The predicted octanol–water partition coefficient (Wildman–Crippen LogP) is 2.53. The zero-order chi connectivity index (χ0) is 13.8. The molecule has 0 unspecified atom stereocenters. The fourth-order valence-corrected chi connectivity index (χ4v) is 2.42. The molecule has 102 valence electrons. The molecule has 0 aromatic heterocycles. The predicted molar refractivity (Wildman–Crippen MR) is 73.8 cm³/mol. The van der Waals surface area contributed by atoms with Crippen LogP contribution in [0.25, 0.3) is 0 Å². The number of nitrogens with one attached hydrogen (secondary N) is 1. The van der Waals surface area contributed by atoms with Gasteiger partial charge in [-0.2, -0.15) is 0 Å². The SMILES string of the molecule is COC(=O)c1cc2c(cc1NC(=O)CCl)CCCC2. The monoisotopic (exact) mass is 281 g/mol. The summed E-state index contributed by atoms with van der Waals surface area (Å²) in [6.07, 6.45) is 4.19. The number of ether oxygens (including phenoxy) is 1. The van der Waals surface area contributed by atoms with E-state index in [0.29, 0.717) is 11.3 Å². The van der Waals surface area contributed by atoms with Crippen molar-refractivity contribution in [1.29, 1.82) is 0 Å². The molecule has 0 saturated heterocycles. The van der Waals surface area contributed by atoms with E-state index in [1.54, 1.807) is 0 Å². The first-order chi connectivity index (χ1) is 9.15. The van der Waals surface area contributed by atoms with Gasteiger partial charge in [0, 0.05) is 0 Å². The lowest BCUT2D eigenvalue weighted by Crippen LogP contribution is -2.17. The molecule has 0 aliphatic heterocycles. The summed E-state index contributed by atoms with van der Waals surface area (Å²) in [5.41, 5.74) is 3.22. The van der Waals surface area contributed by atoms with Crippen LogP contribution in [0.3, 0.4) is 0 Å². The lowest BCUT2D eigenvalue weighted by molar-refractivity contribution is -0.113. The molecule has 0 spiro atoms. The van der Waals surface area contributed by atoms with Gasteiger partial charge >= 0.3 is 5.97 Å². The number of fused-ring (bicyclic) bond motifs is 1. The molecule has 1 aliphatic rings. The van der Waals surface area contributed by atoms with Crippen molar-refractivity contribution in [3.8, 4) is 0 Å². The summed E-state index contributed by atoms with van der Waals surface area (Å²) in [7, 11) is 1.33. The van der Waals surface area contributed by atoms with E-state index in [2.05, 4.69) is 5.32 Å². The second-order valence-corrected chi connectivity index (χ2v) is 4.81. The summed E-state index contributed by atoms with van der Waals surface area (Å²) in [6.45, 7) is 0. The Kier molecular flexibility index (Phi) is 4.43. The third-order valence-electron chi connectivity index (χ3n) is 3.28. The van der Waals surface area contributed by atoms with Crippen LogP contribution in [0, 0.1) is 0 Å². The Morgan fingerprint density at radius 2 is 1.89 bits per heavy atom. The quantitative estimate of drug-likeness (QED) is 0.684. The van der Waals surface area contributed by atoms with E-state index in [0.717, 1.165) is 31.2 Å². The zero-order valence-corrected chi connectivity index (χ0v) is 11.5. The van der Waals surface area contributed by atoms with Gasteiger partial charge in [-0.25, -0.2) is 4.79 Å². The number of esters is 1. The lowest BCUT2D eigenvalue weighted by Gasteiger charge is -2.19. The molecule has 5 heteroatoms. The minimum Gasteiger partial charge on any atom is -0.465 e. The van der Waals surface area contributed by atoms with Crippen molar-refractivity contribution >= 4 is 29.2 Å². The number of rotatable bonds is 3. The van der Waals surface area contributed by atoms with Gasteiger partial charge in [0.2, 0.25) is 5.91 Å². The highest BCUT2D eigenvalue weighted by Crippen LogP contribution is 2.28. The van der Waals surface area contributed by atoms with Crippen LogP contribution in [0.4, 0.5) is 5.69 Å². The van der Waals surface area contributed by atoms with E-state index >= 15 is 0 Å². The van der Waals surface area contributed by atoms with Gasteiger partial charge in [0.05, 0.1) is 18.4 Å². The molecule has 0 bridgehead atoms. The first kappa shape index (κ1) is 13.9. The van der Waals surface area contributed by atoms with Crippen LogP contribution in [0.15, 0.2) is 12.1 Å². The molecule has 0 saturated carbocycles. The lowest BCUT2D eigenvalue weighted by atomic mass is 9.89. The van der Waals surface area contributed by atoms with E-state index in [1.807, 2.05) is 12.1 Å². The van der Waals surface area contributed by atoms with Crippen LogP contribution in [-0.4, -0.2) is 24.9 Å². The molecular formula is C14H16ClNO3. The zero-order valence-electron chi connectivity index (χ0n) is 10.8. The van der Waals surface area contributed by atoms with E-state index < -0.39 is 5.97 Å². The largest absolute Gasteiger partial charge is 0.465 e. The first-order valence-electron chi connectivity index (χ1n) is 6.25. The number of anilines is 1. The molecule has 1 amide bonds. The van der Waals surface area contributed by atoms with Crippen LogP contribution in [-0.2, 0) is 22.4 Å². The van der Waals surface area contributed by atoms with Crippen molar-refractivity contribution in [2.24, 2.45) is 0 Å². The van der Waals surface area contributed by atoms with Crippen molar-refractivity contribution in [3.63, 3.8) is 0 Å². The minimum absolute atomic E-state index is 0.141. The van der Waals surface area contributed by atoms with Gasteiger partial charge in [-0.15, -0.1) is 11.6 Å². The highest BCUT2D eigenvalue weighted by atomic mass is 35.5. The maximum Gasteiger partial charge on any atom is 0.339 e.